The van der Waals surface area contributed by atoms with Crippen LogP contribution in [0.5, 0.6) is 0 Å². The van der Waals surface area contributed by atoms with Crippen molar-refractivity contribution in [2.24, 2.45) is 5.92 Å². The monoisotopic (exact) mass is 295 g/mol. The summed E-state index contributed by atoms with van der Waals surface area (Å²) < 4.78 is 0. The maximum atomic E-state index is 12.2. The van der Waals surface area contributed by atoms with Crippen molar-refractivity contribution in [1.82, 2.24) is 15.1 Å². The van der Waals surface area contributed by atoms with E-state index >= 15 is 0 Å². The first kappa shape index (κ1) is 15.3. The first-order chi connectivity index (χ1) is 9.58. The maximum Gasteiger partial charge on any atom is 0.317 e. The number of hydrogen-bond acceptors (Lipinski definition) is 3. The SMILES string of the molecule is CC1CCCN(C(=O)NCC(c2cccs2)N(C)C)C1. The number of amides is 2. The number of rotatable bonds is 4. The second kappa shape index (κ2) is 7.09. The van der Waals surface area contributed by atoms with Crippen molar-refractivity contribution in [2.75, 3.05) is 33.7 Å². The minimum atomic E-state index is 0.0833. The Morgan fingerprint density at radius 3 is 3.00 bits per heavy atom. The van der Waals surface area contributed by atoms with Gasteiger partial charge in [-0.2, -0.15) is 0 Å². The van der Waals surface area contributed by atoms with Crippen LogP contribution < -0.4 is 5.32 Å². The van der Waals surface area contributed by atoms with Crippen molar-refractivity contribution in [2.45, 2.75) is 25.8 Å². The third kappa shape index (κ3) is 3.96. The van der Waals surface area contributed by atoms with Gasteiger partial charge in [0.1, 0.15) is 0 Å². The minimum Gasteiger partial charge on any atom is -0.336 e. The molecule has 1 fully saturated rings. The van der Waals surface area contributed by atoms with E-state index in [4.69, 9.17) is 0 Å². The van der Waals surface area contributed by atoms with Crippen molar-refractivity contribution in [3.05, 3.63) is 22.4 Å². The van der Waals surface area contributed by atoms with Crippen LogP contribution in [0.15, 0.2) is 17.5 Å². The third-order valence-corrected chi connectivity index (χ3v) is 4.86. The van der Waals surface area contributed by atoms with Crippen molar-refractivity contribution in [3.63, 3.8) is 0 Å². The standard InChI is InChI=1S/C15H25N3OS/c1-12-6-4-8-18(11-12)15(19)16-10-13(17(2)3)14-7-5-9-20-14/h5,7,9,12-13H,4,6,8,10-11H2,1-3H3,(H,16,19). The maximum absolute atomic E-state index is 12.2. The Hall–Kier alpha value is -1.07. The van der Waals surface area contributed by atoms with Crippen LogP contribution in [0.4, 0.5) is 4.79 Å². The van der Waals surface area contributed by atoms with Crippen LogP contribution in [-0.2, 0) is 0 Å². The molecule has 1 aromatic rings. The lowest BCUT2D eigenvalue weighted by Crippen LogP contribution is -2.46. The molecule has 1 aliphatic heterocycles. The van der Waals surface area contributed by atoms with E-state index in [0.29, 0.717) is 12.5 Å². The van der Waals surface area contributed by atoms with Gasteiger partial charge in [0.25, 0.3) is 0 Å². The first-order valence-corrected chi connectivity index (χ1v) is 8.18. The van der Waals surface area contributed by atoms with Gasteiger partial charge in [-0.15, -0.1) is 11.3 Å². The van der Waals surface area contributed by atoms with Gasteiger partial charge in [0.15, 0.2) is 0 Å². The molecule has 2 amide bonds. The topological polar surface area (TPSA) is 35.6 Å². The summed E-state index contributed by atoms with van der Waals surface area (Å²) in [5.74, 6) is 0.622. The molecule has 1 saturated heterocycles. The summed E-state index contributed by atoms with van der Waals surface area (Å²) in [4.78, 5) is 17.6. The van der Waals surface area contributed by atoms with Gasteiger partial charge in [-0.1, -0.05) is 13.0 Å². The van der Waals surface area contributed by atoms with E-state index in [2.05, 4.69) is 48.7 Å². The summed E-state index contributed by atoms with van der Waals surface area (Å²) >= 11 is 1.74. The van der Waals surface area contributed by atoms with Gasteiger partial charge in [0.05, 0.1) is 6.04 Å². The Bertz CT molecular complexity index is 419. The van der Waals surface area contributed by atoms with Crippen LogP contribution in [0.1, 0.15) is 30.7 Å². The lowest BCUT2D eigenvalue weighted by Gasteiger charge is -2.32. The lowest BCUT2D eigenvalue weighted by molar-refractivity contribution is 0.166. The number of urea groups is 1. The van der Waals surface area contributed by atoms with Crippen LogP contribution >= 0.6 is 11.3 Å². The van der Waals surface area contributed by atoms with Crippen LogP contribution in [0.2, 0.25) is 0 Å². The molecule has 20 heavy (non-hydrogen) atoms. The van der Waals surface area contributed by atoms with Crippen LogP contribution in [0, 0.1) is 5.92 Å². The highest BCUT2D eigenvalue weighted by molar-refractivity contribution is 7.10. The van der Waals surface area contributed by atoms with Crippen molar-refractivity contribution < 1.29 is 4.79 Å². The van der Waals surface area contributed by atoms with Crippen molar-refractivity contribution in [3.8, 4) is 0 Å². The number of nitrogens with one attached hydrogen (secondary N) is 1. The molecule has 5 heteroatoms. The molecule has 2 rings (SSSR count). The van der Waals surface area contributed by atoms with Crippen molar-refractivity contribution in [1.29, 1.82) is 0 Å². The van der Waals surface area contributed by atoms with E-state index in [1.807, 2.05) is 4.90 Å². The second-order valence-corrected chi connectivity index (χ2v) is 6.85. The van der Waals surface area contributed by atoms with E-state index in [0.717, 1.165) is 19.5 Å². The summed E-state index contributed by atoms with van der Waals surface area (Å²) in [5.41, 5.74) is 0. The zero-order valence-electron chi connectivity index (χ0n) is 12.6. The fraction of sp³-hybridized carbons (Fsp3) is 0.667. The minimum absolute atomic E-state index is 0.0833. The summed E-state index contributed by atoms with van der Waals surface area (Å²) in [5, 5.41) is 5.18. The van der Waals surface area contributed by atoms with Gasteiger partial charge in [-0.25, -0.2) is 4.79 Å². The summed E-state index contributed by atoms with van der Waals surface area (Å²) in [7, 11) is 4.11. The fourth-order valence-electron chi connectivity index (χ4n) is 2.69. The molecule has 0 spiro atoms. The number of thiophene rings is 1. The molecule has 0 aliphatic carbocycles. The van der Waals surface area contributed by atoms with Gasteiger partial charge in [0, 0.05) is 24.5 Å². The molecule has 2 heterocycles. The fourth-order valence-corrected chi connectivity index (χ4v) is 3.61. The molecule has 2 atom stereocenters. The molecule has 0 saturated carbocycles. The van der Waals surface area contributed by atoms with E-state index < -0.39 is 0 Å². The molecule has 0 aromatic carbocycles. The number of likely N-dealkylation sites (tertiary alicyclic amines) is 1. The van der Waals surface area contributed by atoms with Crippen LogP contribution in [0.25, 0.3) is 0 Å². The Morgan fingerprint density at radius 1 is 1.60 bits per heavy atom. The highest BCUT2D eigenvalue weighted by atomic mass is 32.1. The highest BCUT2D eigenvalue weighted by Crippen LogP contribution is 2.22. The smallest absolute Gasteiger partial charge is 0.317 e. The van der Waals surface area contributed by atoms with Crippen LogP contribution in [-0.4, -0.2) is 49.6 Å². The van der Waals surface area contributed by atoms with Gasteiger partial charge in [0.2, 0.25) is 0 Å². The number of piperidine rings is 1. The van der Waals surface area contributed by atoms with E-state index in [1.54, 1.807) is 11.3 Å². The summed E-state index contributed by atoms with van der Waals surface area (Å²) in [6.45, 7) is 4.66. The zero-order valence-corrected chi connectivity index (χ0v) is 13.4. The quantitative estimate of drug-likeness (QED) is 0.927. The molecule has 1 aromatic heterocycles. The first-order valence-electron chi connectivity index (χ1n) is 7.30. The van der Waals surface area contributed by atoms with Gasteiger partial charge < -0.3 is 15.1 Å². The second-order valence-electron chi connectivity index (χ2n) is 5.87. The molecule has 2 unspecified atom stereocenters. The van der Waals surface area contributed by atoms with Crippen LogP contribution in [0.3, 0.4) is 0 Å². The predicted molar refractivity (Wildman–Crippen MR) is 84.1 cm³/mol. The number of carbonyl (C=O) groups is 1. The molecule has 1 N–H and O–H groups in total. The normalized spacial score (nSPS) is 21.0. The van der Waals surface area contributed by atoms with E-state index in [-0.39, 0.29) is 12.1 Å². The van der Waals surface area contributed by atoms with Gasteiger partial charge in [-0.05, 0) is 44.3 Å². The highest BCUT2D eigenvalue weighted by Gasteiger charge is 2.22. The van der Waals surface area contributed by atoms with Gasteiger partial charge >= 0.3 is 6.03 Å². The Morgan fingerprint density at radius 2 is 2.40 bits per heavy atom. The number of hydrogen-bond donors (Lipinski definition) is 1. The summed E-state index contributed by atoms with van der Waals surface area (Å²) in [6.07, 6.45) is 2.36. The van der Waals surface area contributed by atoms with E-state index in [9.17, 15) is 4.79 Å². The largest absolute Gasteiger partial charge is 0.336 e. The molecule has 4 nitrogen and oxygen atoms in total. The molecule has 112 valence electrons. The van der Waals surface area contributed by atoms with E-state index in [1.165, 1.54) is 11.3 Å². The molecule has 0 bridgehead atoms. The third-order valence-electron chi connectivity index (χ3n) is 3.89. The van der Waals surface area contributed by atoms with Crippen molar-refractivity contribution >= 4 is 17.4 Å². The Labute approximate surface area is 125 Å². The molecular formula is C15H25N3OS. The number of likely N-dealkylation sites (N-methyl/N-ethyl adjacent to an activating group) is 1. The Kier molecular flexibility index (Phi) is 5.43. The summed E-state index contributed by atoms with van der Waals surface area (Å²) in [6, 6.07) is 4.52. The number of carbonyl (C=O) groups excluding carboxylic acids is 1. The molecule has 1 aliphatic rings. The zero-order chi connectivity index (χ0) is 14.5. The predicted octanol–water partition coefficient (Wildman–Crippen LogP) is 2.79. The average molecular weight is 295 g/mol. The number of nitrogens with zero attached hydrogens (tertiary/aromatic N) is 2. The van der Waals surface area contributed by atoms with Gasteiger partial charge in [-0.3, -0.25) is 0 Å². The molecule has 0 radical (unpaired) electrons. The average Bonchev–Trinajstić information content (AvgIpc) is 2.92. The lowest BCUT2D eigenvalue weighted by atomic mass is 10.0. The Balaban J connectivity index is 1.87. The molecular weight excluding hydrogens is 270 g/mol.